The molecule has 7 N–H and O–H groups in total. The maximum absolute atomic E-state index is 5.45. The van der Waals surface area contributed by atoms with Gasteiger partial charge in [0.2, 0.25) is 0 Å². The molecule has 0 radical (unpaired) electrons. The second kappa shape index (κ2) is 8.40. The minimum absolute atomic E-state index is 0.715. The van der Waals surface area contributed by atoms with Crippen molar-refractivity contribution in [2.24, 2.45) is 17.4 Å². The van der Waals surface area contributed by atoms with E-state index in [0.29, 0.717) is 6.04 Å². The van der Waals surface area contributed by atoms with Gasteiger partial charge in [0.15, 0.2) is 0 Å². The SMILES string of the molecule is CN1CCNCC1CCCN.NN. The first kappa shape index (κ1) is 12.8. The molecule has 1 aliphatic heterocycles. The van der Waals surface area contributed by atoms with Gasteiger partial charge in [-0.3, -0.25) is 11.7 Å². The molecule has 5 nitrogen and oxygen atoms in total. The summed E-state index contributed by atoms with van der Waals surface area (Å²) in [6.45, 7) is 4.27. The lowest BCUT2D eigenvalue weighted by molar-refractivity contribution is 0.189. The highest BCUT2D eigenvalue weighted by Gasteiger charge is 2.16. The monoisotopic (exact) mass is 189 g/mol. The summed E-state index contributed by atoms with van der Waals surface area (Å²) in [6, 6.07) is 0.715. The molecule has 0 aliphatic carbocycles. The van der Waals surface area contributed by atoms with Crippen LogP contribution in [0.4, 0.5) is 0 Å². The Hall–Kier alpha value is -0.200. The van der Waals surface area contributed by atoms with Crippen LogP contribution in [0, 0.1) is 0 Å². The number of nitrogens with two attached hydrogens (primary N) is 3. The summed E-state index contributed by atoms with van der Waals surface area (Å²) >= 11 is 0. The van der Waals surface area contributed by atoms with E-state index in [9.17, 15) is 0 Å². The van der Waals surface area contributed by atoms with Gasteiger partial charge in [0.05, 0.1) is 0 Å². The molecule has 1 aliphatic rings. The maximum atomic E-state index is 5.45. The van der Waals surface area contributed by atoms with Crippen molar-refractivity contribution in [2.75, 3.05) is 33.2 Å². The summed E-state index contributed by atoms with van der Waals surface area (Å²) in [7, 11) is 2.20. The van der Waals surface area contributed by atoms with Crippen LogP contribution in [-0.4, -0.2) is 44.2 Å². The number of hydrogen-bond donors (Lipinski definition) is 4. The van der Waals surface area contributed by atoms with Crippen molar-refractivity contribution in [3.05, 3.63) is 0 Å². The first-order chi connectivity index (χ1) is 6.34. The Kier molecular flexibility index (Phi) is 8.27. The number of likely N-dealkylation sites (N-methyl/N-ethyl adjacent to an activating group) is 1. The van der Waals surface area contributed by atoms with Gasteiger partial charge in [-0.25, -0.2) is 0 Å². The molecular weight excluding hydrogens is 166 g/mol. The molecule has 0 spiro atoms. The molecule has 0 bridgehead atoms. The van der Waals surface area contributed by atoms with E-state index in [-0.39, 0.29) is 0 Å². The molecule has 80 valence electrons. The Morgan fingerprint density at radius 1 is 1.46 bits per heavy atom. The Bertz CT molecular complexity index is 109. The van der Waals surface area contributed by atoms with Gasteiger partial charge < -0.3 is 16.0 Å². The molecule has 0 amide bonds. The fraction of sp³-hybridized carbons (Fsp3) is 1.00. The van der Waals surface area contributed by atoms with Crippen LogP contribution < -0.4 is 22.7 Å². The summed E-state index contributed by atoms with van der Waals surface area (Å²) < 4.78 is 0. The average molecular weight is 189 g/mol. The quantitative estimate of drug-likeness (QED) is 0.318. The first-order valence-corrected chi connectivity index (χ1v) is 4.79. The largest absolute Gasteiger partial charge is 0.330 e. The Morgan fingerprint density at radius 3 is 2.69 bits per heavy atom. The highest BCUT2D eigenvalue weighted by atomic mass is 15.2. The smallest absolute Gasteiger partial charge is 0.0218 e. The van der Waals surface area contributed by atoms with Crippen LogP contribution in [0.1, 0.15) is 12.8 Å². The number of piperazine rings is 1. The third kappa shape index (κ3) is 5.17. The van der Waals surface area contributed by atoms with E-state index in [1.54, 1.807) is 0 Å². The lowest BCUT2D eigenvalue weighted by atomic mass is 10.1. The normalized spacial score (nSPS) is 23.5. The van der Waals surface area contributed by atoms with Crippen molar-refractivity contribution in [2.45, 2.75) is 18.9 Å². The first-order valence-electron chi connectivity index (χ1n) is 4.79. The lowest BCUT2D eigenvalue weighted by Crippen LogP contribution is -2.49. The third-order valence-corrected chi connectivity index (χ3v) is 2.39. The van der Waals surface area contributed by atoms with Gasteiger partial charge in [0.25, 0.3) is 0 Å². The maximum Gasteiger partial charge on any atom is 0.0218 e. The molecule has 1 unspecified atom stereocenters. The average Bonchev–Trinajstić information content (AvgIpc) is 2.20. The third-order valence-electron chi connectivity index (χ3n) is 2.39. The second-order valence-corrected chi connectivity index (χ2v) is 3.27. The van der Waals surface area contributed by atoms with E-state index in [2.05, 4.69) is 28.9 Å². The van der Waals surface area contributed by atoms with Gasteiger partial charge in [-0.1, -0.05) is 0 Å². The molecule has 0 aromatic carbocycles. The van der Waals surface area contributed by atoms with E-state index in [4.69, 9.17) is 5.73 Å². The van der Waals surface area contributed by atoms with Crippen LogP contribution in [0.25, 0.3) is 0 Å². The van der Waals surface area contributed by atoms with Crippen molar-refractivity contribution < 1.29 is 0 Å². The summed E-state index contributed by atoms with van der Waals surface area (Å²) in [5, 5.41) is 3.39. The summed E-state index contributed by atoms with van der Waals surface area (Å²) in [4.78, 5) is 2.42. The van der Waals surface area contributed by atoms with Gasteiger partial charge in [0.1, 0.15) is 0 Å². The molecular formula is C8H23N5. The summed E-state index contributed by atoms with van der Waals surface area (Å²) in [5.74, 6) is 8.00. The zero-order chi connectivity index (χ0) is 10.1. The topological polar surface area (TPSA) is 93.3 Å². The molecule has 1 atom stereocenters. The number of rotatable bonds is 3. The van der Waals surface area contributed by atoms with E-state index in [0.717, 1.165) is 26.1 Å². The predicted molar refractivity (Wildman–Crippen MR) is 56.0 cm³/mol. The second-order valence-electron chi connectivity index (χ2n) is 3.27. The molecule has 0 aromatic rings. The molecule has 5 heteroatoms. The van der Waals surface area contributed by atoms with Gasteiger partial charge in [-0.05, 0) is 26.4 Å². The molecule has 0 saturated carbocycles. The number of hydrogen-bond acceptors (Lipinski definition) is 5. The van der Waals surface area contributed by atoms with Crippen LogP contribution in [0.2, 0.25) is 0 Å². The standard InChI is InChI=1S/C8H19N3.H4N2/c1-11-6-5-10-7-8(11)3-2-4-9;1-2/h8,10H,2-7,9H2,1H3;1-2H2. The van der Waals surface area contributed by atoms with E-state index >= 15 is 0 Å². The van der Waals surface area contributed by atoms with E-state index in [1.807, 2.05) is 0 Å². The van der Waals surface area contributed by atoms with Gasteiger partial charge >= 0.3 is 0 Å². The Balaban J connectivity index is 0.000000671. The number of hydrazine groups is 1. The molecule has 1 saturated heterocycles. The van der Waals surface area contributed by atoms with Gasteiger partial charge in [-0.2, -0.15) is 0 Å². The fourth-order valence-corrected chi connectivity index (χ4v) is 1.54. The van der Waals surface area contributed by atoms with E-state index in [1.165, 1.54) is 13.0 Å². The molecule has 0 aromatic heterocycles. The summed E-state index contributed by atoms with van der Waals surface area (Å²) in [5.41, 5.74) is 5.45. The van der Waals surface area contributed by atoms with Crippen LogP contribution in [-0.2, 0) is 0 Å². The van der Waals surface area contributed by atoms with Crippen LogP contribution in [0.15, 0.2) is 0 Å². The minimum Gasteiger partial charge on any atom is -0.330 e. The van der Waals surface area contributed by atoms with Crippen molar-refractivity contribution in [1.29, 1.82) is 0 Å². The van der Waals surface area contributed by atoms with Gasteiger partial charge in [0, 0.05) is 25.7 Å². The minimum atomic E-state index is 0.715. The summed E-state index contributed by atoms with van der Waals surface area (Å²) in [6.07, 6.45) is 2.39. The Morgan fingerprint density at radius 2 is 2.15 bits per heavy atom. The molecule has 1 fully saturated rings. The van der Waals surface area contributed by atoms with E-state index < -0.39 is 0 Å². The van der Waals surface area contributed by atoms with Gasteiger partial charge in [-0.15, -0.1) is 0 Å². The van der Waals surface area contributed by atoms with Crippen molar-refractivity contribution in [3.8, 4) is 0 Å². The molecule has 13 heavy (non-hydrogen) atoms. The highest BCUT2D eigenvalue weighted by Crippen LogP contribution is 2.05. The van der Waals surface area contributed by atoms with Crippen LogP contribution in [0.3, 0.4) is 0 Å². The predicted octanol–water partition coefficient (Wildman–Crippen LogP) is -1.55. The van der Waals surface area contributed by atoms with Crippen molar-refractivity contribution in [3.63, 3.8) is 0 Å². The molecule has 1 heterocycles. The highest BCUT2D eigenvalue weighted by molar-refractivity contribution is 4.76. The fourth-order valence-electron chi connectivity index (χ4n) is 1.54. The van der Waals surface area contributed by atoms with Crippen molar-refractivity contribution in [1.82, 2.24) is 10.2 Å². The molecule has 1 rings (SSSR count). The van der Waals surface area contributed by atoms with Crippen LogP contribution >= 0.6 is 0 Å². The number of nitrogens with one attached hydrogen (secondary N) is 1. The zero-order valence-corrected chi connectivity index (χ0v) is 8.50. The Labute approximate surface area is 80.6 Å². The lowest BCUT2D eigenvalue weighted by Gasteiger charge is -2.32. The van der Waals surface area contributed by atoms with Crippen molar-refractivity contribution >= 4 is 0 Å². The zero-order valence-electron chi connectivity index (χ0n) is 8.50. The number of nitrogens with zero attached hydrogens (tertiary/aromatic N) is 1. The van der Waals surface area contributed by atoms with Crippen LogP contribution in [0.5, 0.6) is 0 Å².